The molecule has 0 saturated heterocycles. The maximum atomic E-state index is 11.8. The van der Waals surface area contributed by atoms with E-state index in [9.17, 15) is 18.4 Å². The van der Waals surface area contributed by atoms with Crippen LogP contribution in [0.15, 0.2) is 0 Å². The highest BCUT2D eigenvalue weighted by Crippen LogP contribution is 2.26. The number of methoxy groups -OCH3 is 1. The summed E-state index contributed by atoms with van der Waals surface area (Å²) in [6, 6.07) is -0.780. The van der Waals surface area contributed by atoms with Gasteiger partial charge in [0.05, 0.1) is 19.6 Å². The summed E-state index contributed by atoms with van der Waals surface area (Å²) in [6.45, 7) is -0.668. The number of urea groups is 1. The van der Waals surface area contributed by atoms with Crippen molar-refractivity contribution in [3.8, 4) is 0 Å². The second-order valence-corrected chi connectivity index (χ2v) is 3.98. The maximum Gasteiger partial charge on any atom is 0.315 e. The van der Waals surface area contributed by atoms with Crippen molar-refractivity contribution in [1.82, 2.24) is 10.6 Å². The summed E-state index contributed by atoms with van der Waals surface area (Å²) in [7, 11) is 1.32. The van der Waals surface area contributed by atoms with Gasteiger partial charge in [0.1, 0.15) is 0 Å². The molecule has 17 heavy (non-hydrogen) atoms. The first-order valence-corrected chi connectivity index (χ1v) is 5.43. The minimum Gasteiger partial charge on any atom is -0.469 e. The van der Waals surface area contributed by atoms with Crippen LogP contribution in [-0.2, 0) is 9.53 Å². The number of amides is 2. The van der Waals surface area contributed by atoms with E-state index in [-0.39, 0.29) is 17.9 Å². The van der Waals surface area contributed by atoms with E-state index in [1.54, 1.807) is 0 Å². The summed E-state index contributed by atoms with van der Waals surface area (Å²) in [5.41, 5.74) is 0. The Kier molecular flexibility index (Phi) is 5.11. The molecule has 1 fully saturated rings. The SMILES string of the molecule is COC(=O)[C@H]1CC[C@@H](NC(=O)NCC(F)F)C1. The predicted molar refractivity (Wildman–Crippen MR) is 55.7 cm³/mol. The molecule has 1 aliphatic carbocycles. The monoisotopic (exact) mass is 250 g/mol. The fraction of sp³-hybridized carbons (Fsp3) is 0.800. The molecule has 0 heterocycles. The zero-order valence-electron chi connectivity index (χ0n) is 9.54. The molecule has 5 nitrogen and oxygen atoms in total. The third-order valence-corrected chi connectivity index (χ3v) is 2.72. The van der Waals surface area contributed by atoms with E-state index in [1.165, 1.54) is 7.11 Å². The van der Waals surface area contributed by atoms with Crippen molar-refractivity contribution in [2.75, 3.05) is 13.7 Å². The zero-order valence-corrected chi connectivity index (χ0v) is 9.54. The summed E-state index contributed by atoms with van der Waals surface area (Å²) in [5, 5.41) is 4.60. The van der Waals surface area contributed by atoms with Crippen molar-refractivity contribution in [2.24, 2.45) is 5.92 Å². The molecule has 0 spiro atoms. The second kappa shape index (κ2) is 6.36. The molecule has 1 aliphatic rings. The lowest BCUT2D eigenvalue weighted by Crippen LogP contribution is -2.42. The van der Waals surface area contributed by atoms with Crippen LogP contribution in [-0.4, -0.2) is 38.1 Å². The van der Waals surface area contributed by atoms with Crippen LogP contribution in [0.5, 0.6) is 0 Å². The Labute approximate surface area is 97.9 Å². The Morgan fingerprint density at radius 2 is 2.12 bits per heavy atom. The Morgan fingerprint density at radius 3 is 2.71 bits per heavy atom. The average Bonchev–Trinajstić information content (AvgIpc) is 2.73. The van der Waals surface area contributed by atoms with E-state index < -0.39 is 19.0 Å². The first-order valence-electron chi connectivity index (χ1n) is 5.43. The molecule has 0 unspecified atom stereocenters. The first-order chi connectivity index (χ1) is 8.02. The van der Waals surface area contributed by atoms with Crippen LogP contribution in [0.3, 0.4) is 0 Å². The highest BCUT2D eigenvalue weighted by molar-refractivity contribution is 5.75. The van der Waals surface area contributed by atoms with Crippen molar-refractivity contribution in [1.29, 1.82) is 0 Å². The van der Waals surface area contributed by atoms with E-state index in [0.717, 1.165) is 0 Å². The molecule has 0 aromatic heterocycles. The van der Waals surface area contributed by atoms with Gasteiger partial charge in [-0.25, -0.2) is 13.6 Å². The number of esters is 1. The van der Waals surface area contributed by atoms with E-state index in [2.05, 4.69) is 15.4 Å². The van der Waals surface area contributed by atoms with Crippen molar-refractivity contribution in [3.63, 3.8) is 0 Å². The summed E-state index contributed by atoms with van der Waals surface area (Å²) >= 11 is 0. The minimum atomic E-state index is -2.56. The van der Waals surface area contributed by atoms with E-state index >= 15 is 0 Å². The molecule has 2 atom stereocenters. The molecule has 98 valence electrons. The summed E-state index contributed by atoms with van der Waals surface area (Å²) < 4.78 is 28.2. The molecule has 1 rings (SSSR count). The highest BCUT2D eigenvalue weighted by Gasteiger charge is 2.31. The number of ether oxygens (including phenoxy) is 1. The molecular weight excluding hydrogens is 234 g/mol. The van der Waals surface area contributed by atoms with E-state index in [4.69, 9.17) is 0 Å². The quantitative estimate of drug-likeness (QED) is 0.728. The molecule has 0 aromatic rings. The average molecular weight is 250 g/mol. The number of hydrogen-bond donors (Lipinski definition) is 2. The molecule has 2 amide bonds. The lowest BCUT2D eigenvalue weighted by atomic mass is 10.1. The highest BCUT2D eigenvalue weighted by atomic mass is 19.3. The lowest BCUT2D eigenvalue weighted by molar-refractivity contribution is -0.145. The summed E-state index contributed by atoms with van der Waals surface area (Å²) in [5.74, 6) is -0.498. The van der Waals surface area contributed by atoms with Gasteiger partial charge in [0.2, 0.25) is 0 Å². The predicted octanol–water partition coefficient (Wildman–Crippen LogP) is 0.892. The van der Waals surface area contributed by atoms with Gasteiger partial charge in [-0.2, -0.15) is 0 Å². The van der Waals surface area contributed by atoms with Gasteiger partial charge in [0, 0.05) is 6.04 Å². The fourth-order valence-corrected chi connectivity index (χ4v) is 1.90. The zero-order chi connectivity index (χ0) is 12.8. The van der Waals surface area contributed by atoms with Crippen molar-refractivity contribution in [3.05, 3.63) is 0 Å². The number of nitrogens with one attached hydrogen (secondary N) is 2. The lowest BCUT2D eigenvalue weighted by Gasteiger charge is -2.13. The van der Waals surface area contributed by atoms with Crippen molar-refractivity contribution < 1.29 is 23.1 Å². The number of halogens is 2. The van der Waals surface area contributed by atoms with Gasteiger partial charge in [-0.15, -0.1) is 0 Å². The number of carbonyl (C=O) groups excluding carboxylic acids is 2. The fourth-order valence-electron chi connectivity index (χ4n) is 1.90. The third-order valence-electron chi connectivity index (χ3n) is 2.72. The van der Waals surface area contributed by atoms with Gasteiger partial charge in [0.15, 0.2) is 0 Å². The Morgan fingerprint density at radius 1 is 1.41 bits per heavy atom. The maximum absolute atomic E-state index is 11.8. The Balaban J connectivity index is 2.25. The smallest absolute Gasteiger partial charge is 0.315 e. The van der Waals surface area contributed by atoms with Crippen LogP contribution in [0.2, 0.25) is 0 Å². The molecule has 0 aromatic carbocycles. The number of hydrogen-bond acceptors (Lipinski definition) is 3. The van der Waals surface area contributed by atoms with Crippen molar-refractivity contribution in [2.45, 2.75) is 31.7 Å². The van der Waals surface area contributed by atoms with Crippen LogP contribution >= 0.6 is 0 Å². The molecule has 0 aliphatic heterocycles. The third kappa shape index (κ3) is 4.54. The van der Waals surface area contributed by atoms with Gasteiger partial charge < -0.3 is 15.4 Å². The van der Waals surface area contributed by atoms with Gasteiger partial charge in [-0.3, -0.25) is 4.79 Å². The minimum absolute atomic E-state index is 0.156. The topological polar surface area (TPSA) is 67.4 Å². The van der Waals surface area contributed by atoms with E-state index in [0.29, 0.717) is 19.3 Å². The Bertz CT molecular complexity index is 287. The van der Waals surface area contributed by atoms with E-state index in [1.807, 2.05) is 0 Å². The standard InChI is InChI=1S/C10H16F2N2O3/c1-17-9(15)6-2-3-7(4-6)14-10(16)13-5-8(11)12/h6-8H,2-5H2,1H3,(H2,13,14,16)/t6-,7+/m0/s1. The van der Waals surface area contributed by atoms with Gasteiger partial charge in [-0.05, 0) is 19.3 Å². The van der Waals surface area contributed by atoms with Gasteiger partial charge in [-0.1, -0.05) is 0 Å². The van der Waals surface area contributed by atoms with Gasteiger partial charge in [0.25, 0.3) is 6.43 Å². The second-order valence-electron chi connectivity index (χ2n) is 3.98. The summed E-state index contributed by atoms with van der Waals surface area (Å²) in [6.07, 6.45) is -0.768. The number of carbonyl (C=O) groups is 2. The van der Waals surface area contributed by atoms with Crippen LogP contribution < -0.4 is 10.6 Å². The van der Waals surface area contributed by atoms with Gasteiger partial charge >= 0.3 is 12.0 Å². The number of rotatable bonds is 4. The van der Waals surface area contributed by atoms with Crippen LogP contribution in [0.25, 0.3) is 0 Å². The molecule has 7 heteroatoms. The van der Waals surface area contributed by atoms with Crippen molar-refractivity contribution >= 4 is 12.0 Å². The Hall–Kier alpha value is -1.40. The largest absolute Gasteiger partial charge is 0.469 e. The summed E-state index contributed by atoms with van der Waals surface area (Å²) in [4.78, 5) is 22.4. The number of alkyl halides is 2. The normalized spacial score (nSPS) is 23.5. The molecular formula is C10H16F2N2O3. The molecule has 0 bridgehead atoms. The van der Waals surface area contributed by atoms with Crippen LogP contribution in [0.1, 0.15) is 19.3 Å². The van der Waals surface area contributed by atoms with Crippen LogP contribution in [0.4, 0.5) is 13.6 Å². The molecule has 0 radical (unpaired) electrons. The van der Waals surface area contributed by atoms with Crippen LogP contribution in [0, 0.1) is 5.92 Å². The molecule has 1 saturated carbocycles. The molecule has 2 N–H and O–H groups in total. The first kappa shape index (κ1) is 13.7.